The van der Waals surface area contributed by atoms with E-state index < -0.39 is 0 Å². The van der Waals surface area contributed by atoms with Crippen molar-refractivity contribution in [2.24, 2.45) is 5.92 Å². The Kier molecular flexibility index (Phi) is 5.32. The Hall–Kier alpha value is -0.740. The van der Waals surface area contributed by atoms with E-state index in [0.717, 1.165) is 27.4 Å². The van der Waals surface area contributed by atoms with E-state index in [0.29, 0.717) is 5.92 Å². The second-order valence-corrected chi connectivity index (χ2v) is 5.72. The molecule has 1 unspecified atom stereocenters. The molecule has 18 heavy (non-hydrogen) atoms. The van der Waals surface area contributed by atoms with Crippen molar-refractivity contribution in [2.75, 3.05) is 11.5 Å². The van der Waals surface area contributed by atoms with Gasteiger partial charge in [0.25, 0.3) is 0 Å². The third-order valence-electron chi connectivity index (χ3n) is 2.92. The van der Waals surface area contributed by atoms with Crippen molar-refractivity contribution in [1.82, 2.24) is 9.97 Å². The molecule has 96 valence electrons. The molecule has 0 aliphatic rings. The minimum atomic E-state index is 0.664. The van der Waals surface area contributed by atoms with Crippen molar-refractivity contribution in [3.8, 4) is 0 Å². The van der Waals surface area contributed by atoms with Crippen LogP contribution >= 0.6 is 24.4 Å². The average molecular weight is 278 g/mol. The van der Waals surface area contributed by atoms with Gasteiger partial charge in [-0.2, -0.15) is 12.6 Å². The number of benzene rings is 1. The summed E-state index contributed by atoms with van der Waals surface area (Å²) < 4.78 is 0. The molecule has 0 spiro atoms. The molecule has 2 nitrogen and oxygen atoms in total. The van der Waals surface area contributed by atoms with Gasteiger partial charge in [-0.05, 0) is 24.2 Å². The first-order valence-corrected chi connectivity index (χ1v) is 7.90. The second-order valence-electron chi connectivity index (χ2n) is 4.34. The van der Waals surface area contributed by atoms with Crippen LogP contribution in [-0.2, 0) is 0 Å². The molecule has 2 aromatic rings. The first-order chi connectivity index (χ1) is 8.85. The number of hydrogen-bond donors (Lipinski definition) is 1. The summed E-state index contributed by atoms with van der Waals surface area (Å²) in [4.78, 5) is 8.69. The van der Waals surface area contributed by atoms with Gasteiger partial charge in [-0.1, -0.05) is 31.5 Å². The fourth-order valence-corrected chi connectivity index (χ4v) is 3.54. The fraction of sp³-hybridized carbons (Fsp3) is 0.429. The van der Waals surface area contributed by atoms with Crippen molar-refractivity contribution < 1.29 is 0 Å². The lowest BCUT2D eigenvalue weighted by molar-refractivity contribution is 0.595. The van der Waals surface area contributed by atoms with Gasteiger partial charge in [0.15, 0.2) is 0 Å². The third-order valence-corrected chi connectivity index (χ3v) is 4.67. The first-order valence-electron chi connectivity index (χ1n) is 6.28. The van der Waals surface area contributed by atoms with Crippen LogP contribution in [0.2, 0.25) is 0 Å². The standard InChI is InChI=1S/C14H18N2S2/c1-2-5-11(8-17)9-18-14-12-6-3-4-7-13(12)15-10-16-14/h3-4,6-7,10-11,17H,2,5,8-9H2,1H3. The lowest BCUT2D eigenvalue weighted by Gasteiger charge is -2.12. The summed E-state index contributed by atoms with van der Waals surface area (Å²) in [5.41, 5.74) is 1.02. The highest BCUT2D eigenvalue weighted by Gasteiger charge is 2.09. The summed E-state index contributed by atoms with van der Waals surface area (Å²) in [6, 6.07) is 8.17. The van der Waals surface area contributed by atoms with Gasteiger partial charge in [0.2, 0.25) is 0 Å². The fourth-order valence-electron chi connectivity index (χ4n) is 1.93. The second kappa shape index (κ2) is 7.00. The maximum Gasteiger partial charge on any atom is 0.117 e. The van der Waals surface area contributed by atoms with Gasteiger partial charge in [0.1, 0.15) is 11.4 Å². The Labute approximate surface area is 118 Å². The van der Waals surface area contributed by atoms with Crippen molar-refractivity contribution in [3.05, 3.63) is 30.6 Å². The topological polar surface area (TPSA) is 25.8 Å². The maximum absolute atomic E-state index is 4.42. The molecule has 2 rings (SSSR count). The van der Waals surface area contributed by atoms with E-state index in [9.17, 15) is 0 Å². The lowest BCUT2D eigenvalue weighted by Crippen LogP contribution is -2.05. The molecule has 4 heteroatoms. The normalized spacial score (nSPS) is 12.8. The highest BCUT2D eigenvalue weighted by Crippen LogP contribution is 2.27. The minimum absolute atomic E-state index is 0.664. The molecule has 1 atom stereocenters. The number of fused-ring (bicyclic) bond motifs is 1. The van der Waals surface area contributed by atoms with Gasteiger partial charge in [-0.3, -0.25) is 0 Å². The van der Waals surface area contributed by atoms with Crippen LogP contribution in [0.4, 0.5) is 0 Å². The molecule has 0 aliphatic carbocycles. The first kappa shape index (κ1) is 13.7. The number of rotatable bonds is 6. The van der Waals surface area contributed by atoms with Crippen LogP contribution in [-0.4, -0.2) is 21.5 Å². The molecule has 0 radical (unpaired) electrons. The smallest absolute Gasteiger partial charge is 0.117 e. The zero-order chi connectivity index (χ0) is 12.8. The number of aromatic nitrogens is 2. The highest BCUT2D eigenvalue weighted by molar-refractivity contribution is 7.99. The van der Waals surface area contributed by atoms with Crippen LogP contribution < -0.4 is 0 Å². The lowest BCUT2D eigenvalue weighted by atomic mass is 10.1. The zero-order valence-corrected chi connectivity index (χ0v) is 12.3. The van der Waals surface area contributed by atoms with E-state index in [1.54, 1.807) is 6.33 Å². The van der Waals surface area contributed by atoms with Crippen molar-refractivity contribution in [2.45, 2.75) is 24.8 Å². The van der Waals surface area contributed by atoms with Gasteiger partial charge < -0.3 is 0 Å². The van der Waals surface area contributed by atoms with Gasteiger partial charge in [-0.15, -0.1) is 11.8 Å². The van der Waals surface area contributed by atoms with E-state index in [2.05, 4.69) is 35.6 Å². The molecule has 0 saturated heterocycles. The van der Waals surface area contributed by atoms with E-state index >= 15 is 0 Å². The summed E-state index contributed by atoms with van der Waals surface area (Å²) in [6.07, 6.45) is 4.11. The highest BCUT2D eigenvalue weighted by atomic mass is 32.2. The Morgan fingerprint density at radius 2 is 2.11 bits per heavy atom. The maximum atomic E-state index is 4.42. The molecular weight excluding hydrogens is 260 g/mol. The largest absolute Gasteiger partial charge is 0.236 e. The van der Waals surface area contributed by atoms with E-state index in [1.165, 1.54) is 12.8 Å². The Morgan fingerprint density at radius 3 is 2.89 bits per heavy atom. The van der Waals surface area contributed by atoms with Gasteiger partial charge in [0.05, 0.1) is 5.52 Å². The molecule has 0 N–H and O–H groups in total. The number of hydrogen-bond acceptors (Lipinski definition) is 4. The van der Waals surface area contributed by atoms with Crippen molar-refractivity contribution >= 4 is 35.3 Å². The van der Waals surface area contributed by atoms with Crippen LogP contribution in [0.25, 0.3) is 10.9 Å². The number of thiol groups is 1. The Balaban J connectivity index is 2.11. The van der Waals surface area contributed by atoms with Crippen LogP contribution in [0.1, 0.15) is 19.8 Å². The van der Waals surface area contributed by atoms with E-state index in [4.69, 9.17) is 0 Å². The molecular formula is C14H18N2S2. The molecule has 1 aromatic heterocycles. The van der Waals surface area contributed by atoms with Gasteiger partial charge in [0, 0.05) is 11.1 Å². The molecule has 0 saturated carbocycles. The van der Waals surface area contributed by atoms with Gasteiger partial charge in [-0.25, -0.2) is 9.97 Å². The van der Waals surface area contributed by atoms with Crippen LogP contribution in [0.5, 0.6) is 0 Å². The number of thioether (sulfide) groups is 1. The SMILES string of the molecule is CCCC(CS)CSc1ncnc2ccccc12. The zero-order valence-electron chi connectivity index (χ0n) is 10.5. The summed E-state index contributed by atoms with van der Waals surface area (Å²) in [5.74, 6) is 2.69. The number of nitrogens with zero attached hydrogens (tertiary/aromatic N) is 2. The summed E-state index contributed by atoms with van der Waals surface area (Å²) in [6.45, 7) is 2.22. The third kappa shape index (κ3) is 3.39. The molecule has 1 heterocycles. The molecule has 1 aromatic carbocycles. The van der Waals surface area contributed by atoms with E-state index in [-0.39, 0.29) is 0 Å². The number of para-hydroxylation sites is 1. The summed E-state index contributed by atoms with van der Waals surface area (Å²) >= 11 is 6.25. The molecule has 0 amide bonds. The predicted octanol–water partition coefficient (Wildman–Crippen LogP) is 4.07. The van der Waals surface area contributed by atoms with Crippen molar-refractivity contribution in [3.63, 3.8) is 0 Å². The molecule has 0 fully saturated rings. The Morgan fingerprint density at radius 1 is 1.28 bits per heavy atom. The van der Waals surface area contributed by atoms with Crippen LogP contribution in [0, 0.1) is 5.92 Å². The minimum Gasteiger partial charge on any atom is -0.236 e. The Bertz CT molecular complexity index is 497. The van der Waals surface area contributed by atoms with Crippen molar-refractivity contribution in [1.29, 1.82) is 0 Å². The van der Waals surface area contributed by atoms with Gasteiger partial charge >= 0.3 is 0 Å². The summed E-state index contributed by atoms with van der Waals surface area (Å²) in [5, 5.41) is 2.24. The molecule has 0 bridgehead atoms. The molecule has 0 aliphatic heterocycles. The quantitative estimate of drug-likeness (QED) is 0.490. The monoisotopic (exact) mass is 278 g/mol. The van der Waals surface area contributed by atoms with E-state index in [1.807, 2.05) is 30.0 Å². The predicted molar refractivity (Wildman–Crippen MR) is 82.5 cm³/mol. The van der Waals surface area contributed by atoms with Crippen LogP contribution in [0.3, 0.4) is 0 Å². The van der Waals surface area contributed by atoms with Crippen LogP contribution in [0.15, 0.2) is 35.6 Å². The average Bonchev–Trinajstić information content (AvgIpc) is 2.43. The summed E-state index contributed by atoms with van der Waals surface area (Å²) in [7, 11) is 0.